The average molecular weight is 459 g/mol. The third kappa shape index (κ3) is 4.34. The van der Waals surface area contributed by atoms with E-state index in [1.807, 2.05) is 11.4 Å². The van der Waals surface area contributed by atoms with Crippen LogP contribution in [0.3, 0.4) is 0 Å². The Morgan fingerprint density at radius 1 is 1.17 bits per heavy atom. The van der Waals surface area contributed by atoms with E-state index >= 15 is 0 Å². The van der Waals surface area contributed by atoms with E-state index in [2.05, 4.69) is 26.2 Å². The molecule has 30 heavy (non-hydrogen) atoms. The van der Waals surface area contributed by atoms with Gasteiger partial charge in [0, 0.05) is 23.3 Å². The van der Waals surface area contributed by atoms with Gasteiger partial charge in [0.25, 0.3) is 0 Å². The Hall–Kier alpha value is -2.07. The molecule has 1 atom stereocenters. The van der Waals surface area contributed by atoms with Crippen LogP contribution >= 0.6 is 34.4 Å². The summed E-state index contributed by atoms with van der Waals surface area (Å²) in [7, 11) is 0. The number of hydrogen-bond acceptors (Lipinski definition) is 7. The number of thiazole rings is 1. The maximum absolute atomic E-state index is 13.2. The molecule has 1 aliphatic heterocycles. The van der Waals surface area contributed by atoms with Gasteiger partial charge < -0.3 is 4.74 Å². The highest BCUT2D eigenvalue weighted by atomic mass is 32.2. The van der Waals surface area contributed by atoms with Crippen LogP contribution in [0.25, 0.3) is 21.3 Å². The molecule has 1 unspecified atom stereocenters. The Labute approximate surface area is 186 Å². The van der Waals surface area contributed by atoms with Crippen molar-refractivity contribution in [1.29, 1.82) is 0 Å². The summed E-state index contributed by atoms with van der Waals surface area (Å²) in [4.78, 5) is 5.82. The standard InChI is InChI=1S/C21H19FN4OS3/c22-15-7-5-14(6-8-15)20-23-16(12-29-20)13-30-21-25-24-19(18-4-2-10-28-18)26(21)11-17-3-1-9-27-17/h2,4-8,10,12,17H,1,3,9,11,13H2. The smallest absolute Gasteiger partial charge is 0.191 e. The van der Waals surface area contributed by atoms with Gasteiger partial charge in [-0.05, 0) is 48.6 Å². The molecule has 0 spiro atoms. The Kier molecular flexibility index (Phi) is 5.94. The predicted octanol–water partition coefficient (Wildman–Crippen LogP) is 5.74. The van der Waals surface area contributed by atoms with Gasteiger partial charge in [-0.15, -0.1) is 32.9 Å². The van der Waals surface area contributed by atoms with Crippen molar-refractivity contribution in [2.75, 3.05) is 6.61 Å². The molecule has 4 heterocycles. The minimum Gasteiger partial charge on any atom is -0.376 e. The molecular formula is C21H19FN4OS3. The van der Waals surface area contributed by atoms with Gasteiger partial charge in [-0.25, -0.2) is 9.37 Å². The maximum Gasteiger partial charge on any atom is 0.191 e. The molecule has 0 saturated carbocycles. The Morgan fingerprint density at radius 2 is 2.07 bits per heavy atom. The van der Waals surface area contributed by atoms with E-state index in [1.54, 1.807) is 46.6 Å². The van der Waals surface area contributed by atoms with Gasteiger partial charge in [0.1, 0.15) is 10.8 Å². The third-order valence-corrected chi connectivity index (χ3v) is 7.67. The topological polar surface area (TPSA) is 52.8 Å². The second-order valence-electron chi connectivity index (χ2n) is 6.97. The molecule has 1 saturated heterocycles. The van der Waals surface area contributed by atoms with Crippen LogP contribution in [0.4, 0.5) is 4.39 Å². The van der Waals surface area contributed by atoms with E-state index in [4.69, 9.17) is 9.72 Å². The summed E-state index contributed by atoms with van der Waals surface area (Å²) in [5, 5.41) is 14.8. The Bertz CT molecular complexity index is 1100. The third-order valence-electron chi connectivity index (χ3n) is 4.86. The number of aromatic nitrogens is 4. The van der Waals surface area contributed by atoms with Crippen LogP contribution in [-0.4, -0.2) is 32.5 Å². The molecule has 4 aromatic rings. The van der Waals surface area contributed by atoms with Crippen LogP contribution in [0, 0.1) is 5.82 Å². The number of thioether (sulfide) groups is 1. The molecule has 0 bridgehead atoms. The molecule has 5 rings (SSSR count). The molecule has 1 aliphatic rings. The number of ether oxygens (including phenoxy) is 1. The SMILES string of the molecule is Fc1ccc(-c2nc(CSc3nnc(-c4cccs4)n3CC3CCCO3)cs2)cc1. The molecule has 0 amide bonds. The van der Waals surface area contributed by atoms with Crippen LogP contribution < -0.4 is 0 Å². The van der Waals surface area contributed by atoms with Gasteiger partial charge in [0.15, 0.2) is 11.0 Å². The zero-order chi connectivity index (χ0) is 20.3. The lowest BCUT2D eigenvalue weighted by Gasteiger charge is -2.14. The molecule has 1 fully saturated rings. The molecule has 154 valence electrons. The molecule has 5 nitrogen and oxygen atoms in total. The minimum absolute atomic E-state index is 0.211. The summed E-state index contributed by atoms with van der Waals surface area (Å²) in [6, 6.07) is 10.6. The lowest BCUT2D eigenvalue weighted by Crippen LogP contribution is -2.16. The van der Waals surface area contributed by atoms with Crippen molar-refractivity contribution in [2.45, 2.75) is 36.4 Å². The molecule has 0 radical (unpaired) electrons. The minimum atomic E-state index is -0.238. The van der Waals surface area contributed by atoms with Crippen LogP contribution in [0.1, 0.15) is 18.5 Å². The monoisotopic (exact) mass is 458 g/mol. The molecule has 1 aromatic carbocycles. The molecule has 0 aliphatic carbocycles. The second kappa shape index (κ2) is 8.97. The van der Waals surface area contributed by atoms with Crippen molar-refractivity contribution < 1.29 is 9.13 Å². The van der Waals surface area contributed by atoms with Crippen LogP contribution in [0.5, 0.6) is 0 Å². The summed E-state index contributed by atoms with van der Waals surface area (Å²) in [5.74, 6) is 1.36. The van der Waals surface area contributed by atoms with Crippen LogP contribution in [-0.2, 0) is 17.0 Å². The first-order chi connectivity index (χ1) is 14.8. The van der Waals surface area contributed by atoms with Gasteiger partial charge >= 0.3 is 0 Å². The zero-order valence-electron chi connectivity index (χ0n) is 16.0. The molecule has 9 heteroatoms. The average Bonchev–Trinajstić information content (AvgIpc) is 3.55. The van der Waals surface area contributed by atoms with Crippen molar-refractivity contribution >= 4 is 34.4 Å². The van der Waals surface area contributed by atoms with E-state index in [1.165, 1.54) is 12.1 Å². The van der Waals surface area contributed by atoms with Crippen molar-refractivity contribution in [3.63, 3.8) is 0 Å². The van der Waals surface area contributed by atoms with Crippen molar-refractivity contribution in [1.82, 2.24) is 19.7 Å². The van der Waals surface area contributed by atoms with Crippen molar-refractivity contribution in [2.24, 2.45) is 0 Å². The van der Waals surface area contributed by atoms with Crippen molar-refractivity contribution in [3.8, 4) is 21.3 Å². The summed E-state index contributed by atoms with van der Waals surface area (Å²) in [6.45, 7) is 1.59. The lowest BCUT2D eigenvalue weighted by atomic mass is 10.2. The van der Waals surface area contributed by atoms with Crippen LogP contribution in [0.15, 0.2) is 52.3 Å². The molecule has 0 N–H and O–H groups in total. The van der Waals surface area contributed by atoms with Gasteiger partial charge in [0.2, 0.25) is 0 Å². The zero-order valence-corrected chi connectivity index (χ0v) is 18.5. The van der Waals surface area contributed by atoms with Crippen molar-refractivity contribution in [3.05, 3.63) is 58.7 Å². The summed E-state index contributed by atoms with van der Waals surface area (Å²) >= 11 is 4.87. The van der Waals surface area contributed by atoms with E-state index in [0.717, 1.165) is 58.1 Å². The number of thiophene rings is 1. The Morgan fingerprint density at radius 3 is 2.83 bits per heavy atom. The highest BCUT2D eigenvalue weighted by Gasteiger charge is 2.22. The normalized spacial score (nSPS) is 16.4. The van der Waals surface area contributed by atoms with E-state index in [-0.39, 0.29) is 11.9 Å². The first-order valence-corrected chi connectivity index (χ1v) is 12.4. The fourth-order valence-corrected chi connectivity index (χ4v) is 5.87. The number of benzene rings is 1. The van der Waals surface area contributed by atoms with Gasteiger partial charge in [0.05, 0.1) is 23.2 Å². The Balaban J connectivity index is 1.34. The van der Waals surface area contributed by atoms with E-state index < -0.39 is 0 Å². The summed E-state index contributed by atoms with van der Waals surface area (Å²) < 4.78 is 21.2. The number of nitrogens with zero attached hydrogens (tertiary/aromatic N) is 4. The van der Waals surface area contributed by atoms with Gasteiger partial charge in [-0.2, -0.15) is 0 Å². The fourth-order valence-electron chi connectivity index (χ4n) is 3.38. The predicted molar refractivity (Wildman–Crippen MR) is 119 cm³/mol. The first-order valence-electron chi connectivity index (χ1n) is 9.68. The number of rotatable bonds is 7. The lowest BCUT2D eigenvalue weighted by molar-refractivity contribution is 0.0953. The van der Waals surface area contributed by atoms with E-state index in [0.29, 0.717) is 5.75 Å². The fraction of sp³-hybridized carbons (Fsp3) is 0.286. The maximum atomic E-state index is 13.2. The first kappa shape index (κ1) is 19.9. The van der Waals surface area contributed by atoms with E-state index in [9.17, 15) is 4.39 Å². The molecule has 3 aromatic heterocycles. The highest BCUT2D eigenvalue weighted by molar-refractivity contribution is 7.98. The largest absolute Gasteiger partial charge is 0.376 e. The molecular weight excluding hydrogens is 439 g/mol. The highest BCUT2D eigenvalue weighted by Crippen LogP contribution is 2.31. The summed E-state index contributed by atoms with van der Waals surface area (Å²) in [6.07, 6.45) is 2.39. The number of hydrogen-bond donors (Lipinski definition) is 0. The van der Waals surface area contributed by atoms with Gasteiger partial charge in [-0.3, -0.25) is 4.57 Å². The number of halogens is 1. The van der Waals surface area contributed by atoms with Gasteiger partial charge in [-0.1, -0.05) is 17.8 Å². The summed E-state index contributed by atoms with van der Waals surface area (Å²) in [5.41, 5.74) is 1.91. The second-order valence-corrected chi connectivity index (χ2v) is 9.72. The van der Waals surface area contributed by atoms with Crippen LogP contribution in [0.2, 0.25) is 0 Å². The quantitative estimate of drug-likeness (QED) is 0.331.